The van der Waals surface area contributed by atoms with Gasteiger partial charge in [0.1, 0.15) is 11.5 Å². The molecule has 116 valence electrons. The fraction of sp³-hybridized carbons (Fsp3) is 0.500. The molecule has 0 spiro atoms. The quantitative estimate of drug-likeness (QED) is 0.859. The molecule has 5 heteroatoms. The van der Waals surface area contributed by atoms with E-state index < -0.39 is 6.10 Å². The number of aliphatic hydroxyl groups excluding tert-OH is 1. The zero-order valence-electron chi connectivity index (χ0n) is 12.6. The normalized spacial score (nSPS) is 17.9. The highest BCUT2D eigenvalue weighted by molar-refractivity contribution is 5.60. The summed E-state index contributed by atoms with van der Waals surface area (Å²) in [4.78, 5) is 2.20. The number of hydrogen-bond acceptors (Lipinski definition) is 5. The van der Waals surface area contributed by atoms with Gasteiger partial charge in [0, 0.05) is 25.2 Å². The minimum atomic E-state index is -0.515. The largest absolute Gasteiger partial charge is 0.497 e. The second-order valence-electron chi connectivity index (χ2n) is 4.95. The Bertz CT molecular complexity index is 469. The summed E-state index contributed by atoms with van der Waals surface area (Å²) in [5.74, 6) is 1.52. The highest BCUT2D eigenvalue weighted by Crippen LogP contribution is 2.25. The van der Waals surface area contributed by atoms with Crippen molar-refractivity contribution in [2.45, 2.75) is 6.10 Å². The Morgan fingerprint density at radius 3 is 2.71 bits per heavy atom. The Morgan fingerprint density at radius 1 is 1.29 bits per heavy atom. The van der Waals surface area contributed by atoms with Crippen molar-refractivity contribution in [2.75, 3.05) is 47.1 Å². The fourth-order valence-corrected chi connectivity index (χ4v) is 2.29. The van der Waals surface area contributed by atoms with Crippen molar-refractivity contribution in [3.05, 3.63) is 29.8 Å². The number of morpholine rings is 1. The van der Waals surface area contributed by atoms with Crippen LogP contribution in [0.2, 0.25) is 0 Å². The molecule has 1 saturated heterocycles. The number of ether oxygens (including phenoxy) is 3. The molecule has 0 aromatic heterocycles. The Hall–Kier alpha value is -1.56. The zero-order valence-corrected chi connectivity index (χ0v) is 12.6. The molecule has 5 nitrogen and oxygen atoms in total. The van der Waals surface area contributed by atoms with E-state index in [0.29, 0.717) is 6.54 Å². The first-order valence-corrected chi connectivity index (χ1v) is 7.11. The third-order valence-electron chi connectivity index (χ3n) is 3.48. The van der Waals surface area contributed by atoms with Crippen LogP contribution in [0.15, 0.2) is 24.3 Å². The maximum Gasteiger partial charge on any atom is 0.126 e. The molecule has 0 aliphatic carbocycles. The second-order valence-corrected chi connectivity index (χ2v) is 4.95. The summed E-state index contributed by atoms with van der Waals surface area (Å²) in [5, 5.41) is 10.1. The molecule has 0 amide bonds. The lowest BCUT2D eigenvalue weighted by atomic mass is 10.1. The summed E-state index contributed by atoms with van der Waals surface area (Å²) in [6, 6.07) is 5.59. The number of rotatable bonds is 6. The maximum absolute atomic E-state index is 10.1. The van der Waals surface area contributed by atoms with Crippen LogP contribution in [-0.2, 0) is 4.74 Å². The molecule has 1 heterocycles. The number of hydrogen-bond donors (Lipinski definition) is 1. The van der Waals surface area contributed by atoms with Gasteiger partial charge in [-0.25, -0.2) is 0 Å². The maximum atomic E-state index is 10.1. The number of β-amino-alcohol motifs (C(OH)–C–C–N with tert-alkyl or cyclic N) is 1. The summed E-state index contributed by atoms with van der Waals surface area (Å²) in [6.45, 7) is 3.83. The van der Waals surface area contributed by atoms with E-state index in [-0.39, 0.29) is 0 Å². The molecule has 1 aliphatic heterocycles. The zero-order chi connectivity index (χ0) is 15.1. The van der Waals surface area contributed by atoms with Crippen LogP contribution in [0.1, 0.15) is 5.56 Å². The second kappa shape index (κ2) is 8.02. The molecule has 0 bridgehead atoms. The van der Waals surface area contributed by atoms with Gasteiger partial charge < -0.3 is 19.3 Å². The Labute approximate surface area is 125 Å². The van der Waals surface area contributed by atoms with Gasteiger partial charge in [-0.15, -0.1) is 0 Å². The topological polar surface area (TPSA) is 51.2 Å². The monoisotopic (exact) mass is 293 g/mol. The predicted octanol–water partition coefficient (Wildman–Crippen LogP) is 1.41. The minimum absolute atomic E-state index is 0.515. The molecule has 1 atom stereocenters. The first-order valence-electron chi connectivity index (χ1n) is 7.11. The summed E-state index contributed by atoms with van der Waals surface area (Å²) in [7, 11) is 3.26. The lowest BCUT2D eigenvalue weighted by Gasteiger charge is -2.27. The van der Waals surface area contributed by atoms with Gasteiger partial charge >= 0.3 is 0 Å². The van der Waals surface area contributed by atoms with Gasteiger partial charge in [0.25, 0.3) is 0 Å². The standard InChI is InChI=1S/C16H23NO4/c1-19-15-5-6-16(20-2)13(11-15)3-4-14(18)12-17-7-9-21-10-8-17/h3-6,11,14,18H,7-10,12H2,1-2H3/b4-3+. The van der Waals surface area contributed by atoms with Crippen LogP contribution in [0.3, 0.4) is 0 Å². The Kier molecular flexibility index (Phi) is 6.04. The van der Waals surface area contributed by atoms with Crippen LogP contribution >= 0.6 is 0 Å². The van der Waals surface area contributed by atoms with Crippen LogP contribution in [0.25, 0.3) is 6.08 Å². The van der Waals surface area contributed by atoms with Gasteiger partial charge in [-0.2, -0.15) is 0 Å². The van der Waals surface area contributed by atoms with E-state index in [2.05, 4.69) is 4.90 Å². The highest BCUT2D eigenvalue weighted by atomic mass is 16.5. The van der Waals surface area contributed by atoms with Crippen LogP contribution in [0.4, 0.5) is 0 Å². The number of nitrogens with zero attached hydrogens (tertiary/aromatic N) is 1. The van der Waals surface area contributed by atoms with Crippen LogP contribution < -0.4 is 9.47 Å². The molecule has 1 N–H and O–H groups in total. The summed E-state index contributed by atoms with van der Waals surface area (Å²) >= 11 is 0. The first-order chi connectivity index (χ1) is 10.2. The first kappa shape index (κ1) is 15.8. The van der Waals surface area contributed by atoms with Crippen LogP contribution in [0.5, 0.6) is 11.5 Å². The molecular formula is C16H23NO4. The van der Waals surface area contributed by atoms with E-state index in [1.807, 2.05) is 24.3 Å². The van der Waals surface area contributed by atoms with Crippen molar-refractivity contribution in [1.82, 2.24) is 4.90 Å². The number of methoxy groups -OCH3 is 2. The average Bonchev–Trinajstić information content (AvgIpc) is 2.53. The van der Waals surface area contributed by atoms with Crippen molar-refractivity contribution in [3.63, 3.8) is 0 Å². The highest BCUT2D eigenvalue weighted by Gasteiger charge is 2.13. The lowest BCUT2D eigenvalue weighted by molar-refractivity contribution is 0.0223. The van der Waals surface area contributed by atoms with Crippen LogP contribution in [0, 0.1) is 0 Å². The third kappa shape index (κ3) is 4.74. The molecule has 21 heavy (non-hydrogen) atoms. The van der Waals surface area contributed by atoms with Gasteiger partial charge in [0.05, 0.1) is 33.5 Å². The van der Waals surface area contributed by atoms with E-state index in [1.54, 1.807) is 20.3 Å². The minimum Gasteiger partial charge on any atom is -0.497 e. The molecular weight excluding hydrogens is 270 g/mol. The third-order valence-corrected chi connectivity index (χ3v) is 3.48. The van der Waals surface area contributed by atoms with E-state index in [0.717, 1.165) is 43.4 Å². The molecule has 0 radical (unpaired) electrons. The average molecular weight is 293 g/mol. The molecule has 2 rings (SSSR count). The molecule has 1 aliphatic rings. The fourth-order valence-electron chi connectivity index (χ4n) is 2.29. The van der Waals surface area contributed by atoms with Gasteiger partial charge in [0.2, 0.25) is 0 Å². The predicted molar refractivity (Wildman–Crippen MR) is 81.8 cm³/mol. The molecule has 1 unspecified atom stereocenters. The van der Waals surface area contributed by atoms with E-state index in [9.17, 15) is 5.11 Å². The summed E-state index contributed by atoms with van der Waals surface area (Å²) in [5.41, 5.74) is 0.887. The SMILES string of the molecule is COc1ccc(OC)c(/C=C/C(O)CN2CCOCC2)c1. The molecule has 0 saturated carbocycles. The number of aliphatic hydroxyl groups is 1. The molecule has 1 aromatic rings. The van der Waals surface area contributed by atoms with Gasteiger partial charge in [-0.3, -0.25) is 4.90 Å². The summed E-state index contributed by atoms with van der Waals surface area (Å²) in [6.07, 6.45) is 3.14. The van der Waals surface area contributed by atoms with E-state index in [4.69, 9.17) is 14.2 Å². The number of benzene rings is 1. The Morgan fingerprint density at radius 2 is 2.05 bits per heavy atom. The van der Waals surface area contributed by atoms with Gasteiger partial charge in [-0.1, -0.05) is 12.2 Å². The van der Waals surface area contributed by atoms with Gasteiger partial charge in [-0.05, 0) is 18.2 Å². The smallest absolute Gasteiger partial charge is 0.126 e. The van der Waals surface area contributed by atoms with Crippen molar-refractivity contribution >= 4 is 6.08 Å². The van der Waals surface area contributed by atoms with E-state index >= 15 is 0 Å². The molecule has 1 aromatic carbocycles. The van der Waals surface area contributed by atoms with E-state index in [1.165, 1.54) is 0 Å². The lowest BCUT2D eigenvalue weighted by Crippen LogP contribution is -2.40. The molecule has 1 fully saturated rings. The van der Waals surface area contributed by atoms with Crippen LogP contribution in [-0.4, -0.2) is 63.2 Å². The van der Waals surface area contributed by atoms with Crippen molar-refractivity contribution in [2.24, 2.45) is 0 Å². The summed E-state index contributed by atoms with van der Waals surface area (Å²) < 4.78 is 15.8. The van der Waals surface area contributed by atoms with Crippen molar-refractivity contribution in [3.8, 4) is 11.5 Å². The Balaban J connectivity index is 1.98. The van der Waals surface area contributed by atoms with Crippen molar-refractivity contribution < 1.29 is 19.3 Å². The van der Waals surface area contributed by atoms with Gasteiger partial charge in [0.15, 0.2) is 0 Å². The van der Waals surface area contributed by atoms with Crippen molar-refractivity contribution in [1.29, 1.82) is 0 Å².